The van der Waals surface area contributed by atoms with Crippen molar-refractivity contribution >= 4 is 33.2 Å². The monoisotopic (exact) mass is 492 g/mol. The smallest absolute Gasteiger partial charge is 0.244 e. The molecule has 2 atom stereocenters. The second-order valence-electron chi connectivity index (χ2n) is 8.29. The van der Waals surface area contributed by atoms with Gasteiger partial charge in [0.1, 0.15) is 4.90 Å². The van der Waals surface area contributed by atoms with Crippen molar-refractivity contribution in [2.24, 2.45) is 7.05 Å². The van der Waals surface area contributed by atoms with E-state index in [2.05, 4.69) is 14.7 Å². The van der Waals surface area contributed by atoms with E-state index in [0.717, 1.165) is 11.1 Å². The molecule has 32 heavy (non-hydrogen) atoms. The average molecular weight is 493 g/mol. The first-order valence-electron chi connectivity index (χ1n) is 10.4. The summed E-state index contributed by atoms with van der Waals surface area (Å²) >= 11 is 12.2. The average Bonchev–Trinajstić information content (AvgIpc) is 3.01. The van der Waals surface area contributed by atoms with E-state index in [-0.39, 0.29) is 23.0 Å². The number of aromatic nitrogens is 2. The highest BCUT2D eigenvalue weighted by molar-refractivity contribution is 7.89. The molecular formula is C23H26Cl2N4O2S. The number of hydrogen-bond acceptors (Lipinski definition) is 4. The van der Waals surface area contributed by atoms with Gasteiger partial charge in [0.25, 0.3) is 0 Å². The summed E-state index contributed by atoms with van der Waals surface area (Å²) in [6.07, 6.45) is 0. The van der Waals surface area contributed by atoms with Gasteiger partial charge in [0.05, 0.1) is 23.5 Å². The highest BCUT2D eigenvalue weighted by atomic mass is 35.5. The zero-order valence-electron chi connectivity index (χ0n) is 18.4. The van der Waals surface area contributed by atoms with Crippen LogP contribution in [-0.2, 0) is 17.1 Å². The van der Waals surface area contributed by atoms with Crippen molar-refractivity contribution in [3.63, 3.8) is 0 Å². The van der Waals surface area contributed by atoms with Gasteiger partial charge in [-0.1, -0.05) is 47.5 Å². The maximum absolute atomic E-state index is 13.1. The summed E-state index contributed by atoms with van der Waals surface area (Å²) in [7, 11) is -1.93. The Kier molecular flexibility index (Phi) is 6.40. The first-order chi connectivity index (χ1) is 15.1. The number of nitrogens with zero attached hydrogens (tertiary/aromatic N) is 3. The van der Waals surface area contributed by atoms with Crippen molar-refractivity contribution in [2.75, 3.05) is 6.54 Å². The molecule has 2 heterocycles. The van der Waals surface area contributed by atoms with Gasteiger partial charge >= 0.3 is 0 Å². The van der Waals surface area contributed by atoms with Gasteiger partial charge in [-0.3, -0.25) is 9.58 Å². The lowest BCUT2D eigenvalue weighted by molar-refractivity contribution is 0.0369. The third-order valence-corrected chi connectivity index (χ3v) is 8.48. The first-order valence-corrected chi connectivity index (χ1v) is 12.6. The molecule has 3 aromatic rings. The minimum Gasteiger partial charge on any atom is -0.286 e. The molecule has 0 aliphatic carbocycles. The van der Waals surface area contributed by atoms with Gasteiger partial charge in [-0.2, -0.15) is 5.10 Å². The summed E-state index contributed by atoms with van der Waals surface area (Å²) in [6, 6.07) is 15.3. The third-order valence-electron chi connectivity index (χ3n) is 6.23. The molecule has 1 aliphatic heterocycles. The van der Waals surface area contributed by atoms with E-state index in [1.807, 2.05) is 55.5 Å². The van der Waals surface area contributed by atoms with Crippen LogP contribution in [0.15, 0.2) is 53.4 Å². The number of nitrogens with one attached hydrogen (secondary N) is 1. The van der Waals surface area contributed by atoms with Crippen molar-refractivity contribution in [1.82, 2.24) is 19.4 Å². The Balaban J connectivity index is 1.59. The SMILES string of the molecule is Cc1nn(C)c(C)c1S(=O)(=O)N[C@H]1CN(C(c2ccc(Cl)cc2)c2ccc(Cl)cc2)[C@@H]1C. The van der Waals surface area contributed by atoms with Crippen molar-refractivity contribution in [3.8, 4) is 0 Å². The van der Waals surface area contributed by atoms with Gasteiger partial charge in [0.2, 0.25) is 10.0 Å². The summed E-state index contributed by atoms with van der Waals surface area (Å²) in [4.78, 5) is 2.54. The summed E-state index contributed by atoms with van der Waals surface area (Å²) < 4.78 is 30.7. The molecule has 1 fully saturated rings. The van der Waals surface area contributed by atoms with Gasteiger partial charge in [-0.05, 0) is 56.2 Å². The predicted molar refractivity (Wildman–Crippen MR) is 128 cm³/mol. The normalized spacial score (nSPS) is 19.3. The molecule has 1 aliphatic rings. The Morgan fingerprint density at radius 1 is 1.00 bits per heavy atom. The van der Waals surface area contributed by atoms with E-state index in [4.69, 9.17) is 23.2 Å². The zero-order chi connectivity index (χ0) is 23.2. The fourth-order valence-electron chi connectivity index (χ4n) is 4.38. The fourth-order valence-corrected chi connectivity index (χ4v) is 6.37. The summed E-state index contributed by atoms with van der Waals surface area (Å²) in [6.45, 7) is 6.10. The second kappa shape index (κ2) is 8.80. The number of aryl methyl sites for hydroxylation is 2. The Hall–Kier alpha value is -1.90. The van der Waals surface area contributed by atoms with Gasteiger partial charge in [-0.15, -0.1) is 0 Å². The minimum absolute atomic E-state index is 0.0154. The van der Waals surface area contributed by atoms with Crippen LogP contribution < -0.4 is 4.72 Å². The molecule has 0 saturated carbocycles. The predicted octanol–water partition coefficient (Wildman–Crippen LogP) is 4.48. The lowest BCUT2D eigenvalue weighted by Gasteiger charge is -2.50. The lowest BCUT2D eigenvalue weighted by Crippen LogP contribution is -2.66. The van der Waals surface area contributed by atoms with E-state index in [1.165, 1.54) is 0 Å². The standard InChI is InChI=1S/C23H26Cl2N4O2S/c1-14-23(16(3)28(4)26-14)32(30,31)27-21-13-29(15(21)2)22(17-5-9-19(24)10-6-17)18-7-11-20(25)12-8-18/h5-12,15,21-22,27H,13H2,1-4H3/t15-,21+/m1/s1. The quantitative estimate of drug-likeness (QED) is 0.550. The summed E-state index contributed by atoms with van der Waals surface area (Å²) in [5.74, 6) is 0. The van der Waals surface area contributed by atoms with Crippen molar-refractivity contribution in [3.05, 3.63) is 81.1 Å². The van der Waals surface area contributed by atoms with E-state index in [9.17, 15) is 8.42 Å². The maximum Gasteiger partial charge on any atom is 0.244 e. The topological polar surface area (TPSA) is 67.2 Å². The molecule has 1 N–H and O–H groups in total. The number of halogens is 2. The van der Waals surface area contributed by atoms with Crippen molar-refractivity contribution < 1.29 is 8.42 Å². The van der Waals surface area contributed by atoms with Crippen molar-refractivity contribution in [1.29, 1.82) is 0 Å². The van der Waals surface area contributed by atoms with Crippen LogP contribution in [0.2, 0.25) is 10.0 Å². The molecule has 6 nitrogen and oxygen atoms in total. The van der Waals surface area contributed by atoms with Crippen LogP contribution in [0.3, 0.4) is 0 Å². The largest absolute Gasteiger partial charge is 0.286 e. The summed E-state index contributed by atoms with van der Waals surface area (Å²) in [5.41, 5.74) is 3.30. The summed E-state index contributed by atoms with van der Waals surface area (Å²) in [5, 5.41) is 5.60. The highest BCUT2D eigenvalue weighted by Gasteiger charge is 2.43. The van der Waals surface area contributed by atoms with Crippen LogP contribution >= 0.6 is 23.2 Å². The molecule has 0 unspecified atom stereocenters. The van der Waals surface area contributed by atoms with Crippen LogP contribution in [0.4, 0.5) is 0 Å². The van der Waals surface area contributed by atoms with Crippen LogP contribution in [0, 0.1) is 13.8 Å². The van der Waals surface area contributed by atoms with Crippen LogP contribution in [-0.4, -0.2) is 41.7 Å². The van der Waals surface area contributed by atoms with Gasteiger partial charge in [0, 0.05) is 29.7 Å². The van der Waals surface area contributed by atoms with Gasteiger partial charge in [0.15, 0.2) is 0 Å². The first kappa shape index (κ1) is 23.3. The number of hydrogen-bond donors (Lipinski definition) is 1. The molecule has 170 valence electrons. The number of likely N-dealkylation sites (tertiary alicyclic amines) is 1. The molecule has 0 radical (unpaired) electrons. The van der Waals surface area contributed by atoms with E-state index >= 15 is 0 Å². The van der Waals surface area contributed by atoms with E-state index in [1.54, 1.807) is 25.6 Å². The molecule has 0 spiro atoms. The van der Waals surface area contributed by atoms with E-state index in [0.29, 0.717) is 28.0 Å². The molecule has 1 saturated heterocycles. The molecular weight excluding hydrogens is 467 g/mol. The third kappa shape index (κ3) is 4.32. The fraction of sp³-hybridized carbons (Fsp3) is 0.348. The second-order valence-corrected chi connectivity index (χ2v) is 10.8. The Morgan fingerprint density at radius 2 is 1.50 bits per heavy atom. The molecule has 9 heteroatoms. The highest BCUT2D eigenvalue weighted by Crippen LogP contribution is 2.37. The van der Waals surface area contributed by atoms with E-state index < -0.39 is 10.0 Å². The van der Waals surface area contributed by atoms with Crippen LogP contribution in [0.5, 0.6) is 0 Å². The Bertz CT molecular complexity index is 1180. The van der Waals surface area contributed by atoms with Crippen LogP contribution in [0.1, 0.15) is 35.5 Å². The number of benzene rings is 2. The minimum atomic E-state index is -3.68. The van der Waals surface area contributed by atoms with Crippen molar-refractivity contribution in [2.45, 2.75) is 43.8 Å². The maximum atomic E-state index is 13.1. The number of sulfonamides is 1. The Morgan fingerprint density at radius 3 is 1.91 bits per heavy atom. The molecule has 4 rings (SSSR count). The zero-order valence-corrected chi connectivity index (χ0v) is 20.7. The van der Waals surface area contributed by atoms with Gasteiger partial charge in [-0.25, -0.2) is 13.1 Å². The number of rotatable bonds is 6. The van der Waals surface area contributed by atoms with Gasteiger partial charge < -0.3 is 0 Å². The Labute approximate surface area is 199 Å². The molecule has 0 bridgehead atoms. The van der Waals surface area contributed by atoms with Crippen LogP contribution in [0.25, 0.3) is 0 Å². The molecule has 0 amide bonds. The molecule has 1 aromatic heterocycles. The lowest BCUT2D eigenvalue weighted by atomic mass is 9.89. The molecule has 2 aromatic carbocycles.